The number of hydrogen-bond acceptors (Lipinski definition) is 4. The van der Waals surface area contributed by atoms with Gasteiger partial charge in [0, 0.05) is 43.5 Å². The Labute approximate surface area is 154 Å². The summed E-state index contributed by atoms with van der Waals surface area (Å²) in [7, 11) is 0. The van der Waals surface area contributed by atoms with Gasteiger partial charge in [0.15, 0.2) is 0 Å². The quantitative estimate of drug-likeness (QED) is 0.700. The Morgan fingerprint density at radius 3 is 2.77 bits per heavy atom. The van der Waals surface area contributed by atoms with Crippen LogP contribution in [0.4, 0.5) is 0 Å². The minimum absolute atomic E-state index is 0.475. The van der Waals surface area contributed by atoms with Crippen LogP contribution in [0.3, 0.4) is 0 Å². The van der Waals surface area contributed by atoms with Crippen molar-refractivity contribution < 1.29 is 4.52 Å². The predicted octanol–water partition coefficient (Wildman–Crippen LogP) is 3.92. The summed E-state index contributed by atoms with van der Waals surface area (Å²) in [4.78, 5) is 7.22. The van der Waals surface area contributed by atoms with Gasteiger partial charge in [-0.1, -0.05) is 35.5 Å². The number of likely N-dealkylation sites (tertiary alicyclic amines) is 1. The molecule has 136 valence electrons. The van der Waals surface area contributed by atoms with Gasteiger partial charge in [0.1, 0.15) is 11.6 Å². The van der Waals surface area contributed by atoms with E-state index in [1.807, 2.05) is 20.0 Å². The Hall–Kier alpha value is -2.40. The van der Waals surface area contributed by atoms with E-state index >= 15 is 0 Å². The molecule has 1 saturated heterocycles. The topological polar surface area (TPSA) is 47.1 Å². The average molecular weight is 350 g/mol. The van der Waals surface area contributed by atoms with Crippen LogP contribution in [0.5, 0.6) is 0 Å². The van der Waals surface area contributed by atoms with Crippen LogP contribution in [0, 0.1) is 13.8 Å². The number of nitrogens with zero attached hydrogens (tertiary/aromatic N) is 4. The molecule has 0 spiro atoms. The molecule has 2 aromatic heterocycles. The Morgan fingerprint density at radius 1 is 1.15 bits per heavy atom. The van der Waals surface area contributed by atoms with Crippen LogP contribution < -0.4 is 0 Å². The maximum atomic E-state index is 5.33. The van der Waals surface area contributed by atoms with Crippen molar-refractivity contribution in [3.63, 3.8) is 0 Å². The van der Waals surface area contributed by atoms with Crippen molar-refractivity contribution in [1.29, 1.82) is 0 Å². The molecule has 0 saturated carbocycles. The highest BCUT2D eigenvalue weighted by atomic mass is 16.5. The largest absolute Gasteiger partial charge is 0.361 e. The third-order valence-corrected chi connectivity index (χ3v) is 5.38. The van der Waals surface area contributed by atoms with Gasteiger partial charge in [0.25, 0.3) is 0 Å². The van der Waals surface area contributed by atoms with Crippen molar-refractivity contribution in [1.82, 2.24) is 19.6 Å². The van der Waals surface area contributed by atoms with E-state index in [4.69, 9.17) is 9.51 Å². The first-order chi connectivity index (χ1) is 12.7. The molecule has 1 atom stereocenters. The van der Waals surface area contributed by atoms with Crippen LogP contribution in [-0.4, -0.2) is 32.7 Å². The number of hydrogen-bond donors (Lipinski definition) is 0. The molecule has 1 aliphatic rings. The number of rotatable bonds is 5. The van der Waals surface area contributed by atoms with E-state index in [2.05, 4.69) is 51.2 Å². The molecule has 5 heteroatoms. The van der Waals surface area contributed by atoms with Crippen molar-refractivity contribution >= 4 is 0 Å². The van der Waals surface area contributed by atoms with Gasteiger partial charge in [-0.3, -0.25) is 4.90 Å². The van der Waals surface area contributed by atoms with E-state index in [9.17, 15) is 0 Å². The summed E-state index contributed by atoms with van der Waals surface area (Å²) in [5, 5.41) is 4.09. The fourth-order valence-corrected chi connectivity index (χ4v) is 3.96. The van der Waals surface area contributed by atoms with E-state index in [1.54, 1.807) is 0 Å². The van der Waals surface area contributed by atoms with Gasteiger partial charge in [-0.2, -0.15) is 0 Å². The van der Waals surface area contributed by atoms with E-state index in [0.29, 0.717) is 5.92 Å². The molecule has 0 amide bonds. The summed E-state index contributed by atoms with van der Waals surface area (Å²) >= 11 is 0. The summed E-state index contributed by atoms with van der Waals surface area (Å²) in [6.07, 6.45) is 6.44. The fraction of sp³-hybridized carbons (Fsp3) is 0.429. The molecule has 0 radical (unpaired) electrons. The van der Waals surface area contributed by atoms with E-state index in [0.717, 1.165) is 37.6 Å². The third kappa shape index (κ3) is 3.58. The summed E-state index contributed by atoms with van der Waals surface area (Å²) in [5.74, 6) is 2.62. The van der Waals surface area contributed by atoms with Gasteiger partial charge in [0.05, 0.1) is 5.69 Å². The minimum atomic E-state index is 0.475. The lowest BCUT2D eigenvalue weighted by atomic mass is 9.96. The zero-order chi connectivity index (χ0) is 17.9. The molecule has 0 aliphatic carbocycles. The number of imidazole rings is 1. The lowest BCUT2D eigenvalue weighted by Gasteiger charge is -2.32. The molecule has 3 heterocycles. The van der Waals surface area contributed by atoms with Crippen LogP contribution in [0.1, 0.15) is 47.2 Å². The molecule has 1 aliphatic heterocycles. The Kier molecular flexibility index (Phi) is 4.89. The summed E-state index contributed by atoms with van der Waals surface area (Å²) in [5.41, 5.74) is 3.56. The summed E-state index contributed by atoms with van der Waals surface area (Å²) in [6, 6.07) is 10.6. The van der Waals surface area contributed by atoms with E-state index < -0.39 is 0 Å². The monoisotopic (exact) mass is 350 g/mol. The average Bonchev–Trinajstić information content (AvgIpc) is 3.25. The number of piperidine rings is 1. The highest BCUT2D eigenvalue weighted by Crippen LogP contribution is 2.28. The van der Waals surface area contributed by atoms with E-state index in [1.165, 1.54) is 29.8 Å². The van der Waals surface area contributed by atoms with Gasteiger partial charge in [0.2, 0.25) is 0 Å². The standard InChI is InChI=1S/C21H26N4O/c1-16-20(17(2)26-23-16)15-24-11-6-9-19(14-24)21-22-10-12-25(21)13-18-7-4-3-5-8-18/h3-5,7-8,10,12,19H,6,9,11,13-15H2,1-2H3/t19-/m1/s1. The van der Waals surface area contributed by atoms with Crippen molar-refractivity contribution in [3.8, 4) is 0 Å². The van der Waals surface area contributed by atoms with Gasteiger partial charge in [-0.15, -0.1) is 0 Å². The van der Waals surface area contributed by atoms with Crippen molar-refractivity contribution in [2.24, 2.45) is 0 Å². The molecule has 4 rings (SSSR count). The molecule has 0 unspecified atom stereocenters. The first-order valence-electron chi connectivity index (χ1n) is 9.40. The molecule has 0 N–H and O–H groups in total. The van der Waals surface area contributed by atoms with Crippen LogP contribution in [-0.2, 0) is 13.1 Å². The van der Waals surface area contributed by atoms with Gasteiger partial charge < -0.3 is 9.09 Å². The van der Waals surface area contributed by atoms with Crippen LogP contribution in [0.15, 0.2) is 47.2 Å². The van der Waals surface area contributed by atoms with Crippen LogP contribution >= 0.6 is 0 Å². The molecular formula is C21H26N4O. The SMILES string of the molecule is Cc1noc(C)c1CN1CCC[C@@H](c2nccn2Cc2ccccc2)C1. The first-order valence-corrected chi connectivity index (χ1v) is 9.40. The van der Waals surface area contributed by atoms with Crippen LogP contribution in [0.2, 0.25) is 0 Å². The van der Waals surface area contributed by atoms with Crippen LogP contribution in [0.25, 0.3) is 0 Å². The predicted molar refractivity (Wildman–Crippen MR) is 101 cm³/mol. The smallest absolute Gasteiger partial charge is 0.138 e. The molecule has 1 aromatic carbocycles. The lowest BCUT2D eigenvalue weighted by Crippen LogP contribution is -2.35. The number of benzene rings is 1. The maximum absolute atomic E-state index is 5.33. The molecule has 0 bridgehead atoms. The molecule has 5 nitrogen and oxygen atoms in total. The second kappa shape index (κ2) is 7.46. The van der Waals surface area contributed by atoms with E-state index in [-0.39, 0.29) is 0 Å². The van der Waals surface area contributed by atoms with Crippen molar-refractivity contribution in [3.05, 3.63) is 71.1 Å². The van der Waals surface area contributed by atoms with Gasteiger partial charge in [-0.25, -0.2) is 4.98 Å². The second-order valence-corrected chi connectivity index (χ2v) is 7.28. The summed E-state index contributed by atoms with van der Waals surface area (Å²) < 4.78 is 7.63. The fourth-order valence-electron chi connectivity index (χ4n) is 3.96. The Bertz CT molecular complexity index is 833. The Balaban J connectivity index is 1.48. The highest BCUT2D eigenvalue weighted by molar-refractivity contribution is 5.21. The molecule has 1 fully saturated rings. The normalized spacial score (nSPS) is 18.3. The first kappa shape index (κ1) is 17.0. The van der Waals surface area contributed by atoms with Crippen molar-refractivity contribution in [2.45, 2.75) is 45.7 Å². The minimum Gasteiger partial charge on any atom is -0.361 e. The number of aryl methyl sites for hydroxylation is 2. The summed E-state index contributed by atoms with van der Waals surface area (Å²) in [6.45, 7) is 7.99. The third-order valence-electron chi connectivity index (χ3n) is 5.38. The van der Waals surface area contributed by atoms with Gasteiger partial charge in [-0.05, 0) is 38.8 Å². The zero-order valence-electron chi connectivity index (χ0n) is 15.6. The van der Waals surface area contributed by atoms with Crippen molar-refractivity contribution in [2.75, 3.05) is 13.1 Å². The molecule has 3 aromatic rings. The molecule has 26 heavy (non-hydrogen) atoms. The van der Waals surface area contributed by atoms with Gasteiger partial charge >= 0.3 is 0 Å². The zero-order valence-corrected chi connectivity index (χ0v) is 15.6. The Morgan fingerprint density at radius 2 is 2.00 bits per heavy atom. The lowest BCUT2D eigenvalue weighted by molar-refractivity contribution is 0.193. The maximum Gasteiger partial charge on any atom is 0.138 e. The second-order valence-electron chi connectivity index (χ2n) is 7.28. The highest BCUT2D eigenvalue weighted by Gasteiger charge is 2.26. The number of aromatic nitrogens is 3. The molecular weight excluding hydrogens is 324 g/mol.